The molecule has 1 aromatic rings. The lowest BCUT2D eigenvalue weighted by Gasteiger charge is -2.41. The molecule has 10 nitrogen and oxygen atoms in total. The molecule has 2 rings (SSSR count). The molecule has 5 atom stereocenters. The smallest absolute Gasteiger partial charge is 0.357 e. The first-order valence-electron chi connectivity index (χ1n) is 18.5. The van der Waals surface area contributed by atoms with Crippen LogP contribution < -0.4 is 5.32 Å². The number of piperidine rings is 1. The lowest BCUT2D eigenvalue weighted by atomic mass is 9.92. The van der Waals surface area contributed by atoms with E-state index in [-0.39, 0.29) is 48.2 Å². The Morgan fingerprint density at radius 1 is 1.08 bits per heavy atom. The SMILES string of the molecule is CCCCCOCN(C(=O)[C@@H](NC(=O)C1CCCCN1C)C(C)CC)[C@H](C[C@@H](O[Si](CC)(CC)CC)c1nc(C(=O)OC)cs1)C(C)C. The van der Waals surface area contributed by atoms with Gasteiger partial charge in [0.05, 0.1) is 19.3 Å². The summed E-state index contributed by atoms with van der Waals surface area (Å²) in [5.41, 5.74) is 0.267. The summed E-state index contributed by atoms with van der Waals surface area (Å²) in [7, 11) is 1.22. The van der Waals surface area contributed by atoms with Crippen LogP contribution in [0.15, 0.2) is 5.38 Å². The molecule has 0 aromatic carbocycles. The Kier molecular flexibility index (Phi) is 18.8. The van der Waals surface area contributed by atoms with Gasteiger partial charge in [0.25, 0.3) is 0 Å². The van der Waals surface area contributed by atoms with E-state index in [1.807, 2.05) is 18.9 Å². The van der Waals surface area contributed by atoms with Crippen LogP contribution in [0.5, 0.6) is 0 Å². The summed E-state index contributed by atoms with van der Waals surface area (Å²) in [6, 6.07) is 1.69. The summed E-state index contributed by atoms with van der Waals surface area (Å²) in [4.78, 5) is 49.6. The van der Waals surface area contributed by atoms with Crippen molar-refractivity contribution in [2.45, 2.75) is 149 Å². The highest BCUT2D eigenvalue weighted by Crippen LogP contribution is 2.37. The molecule has 0 aliphatic carbocycles. The van der Waals surface area contributed by atoms with Crippen LogP contribution in [0.1, 0.15) is 128 Å². The monoisotopic (exact) mass is 710 g/mol. The Morgan fingerprint density at radius 2 is 1.77 bits per heavy atom. The summed E-state index contributed by atoms with van der Waals surface area (Å²) < 4.78 is 18.3. The molecule has 0 saturated carbocycles. The molecule has 2 unspecified atom stereocenters. The predicted octanol–water partition coefficient (Wildman–Crippen LogP) is 7.42. The van der Waals surface area contributed by atoms with E-state index in [2.05, 4.69) is 58.7 Å². The molecule has 0 spiro atoms. The van der Waals surface area contributed by atoms with Gasteiger partial charge in [-0.25, -0.2) is 9.78 Å². The average Bonchev–Trinajstić information content (AvgIpc) is 3.59. The van der Waals surface area contributed by atoms with Crippen molar-refractivity contribution in [3.8, 4) is 0 Å². The van der Waals surface area contributed by atoms with Crippen molar-refractivity contribution in [1.82, 2.24) is 20.1 Å². The number of amides is 2. The maximum Gasteiger partial charge on any atom is 0.357 e. The van der Waals surface area contributed by atoms with Crippen LogP contribution in [-0.2, 0) is 23.5 Å². The topological polar surface area (TPSA) is 110 Å². The standard InChI is InChI=1S/C36H66N4O6SSi/c1-11-16-19-22-45-25-40(35(42)32(27(8)12-2)38-33(41)29-20-17-18-21-39(29)9)30(26(6)7)23-31(46-48(13-3,14-4)15-5)34-37-28(24-47-34)36(43)44-10/h24,26-27,29-32H,11-23,25H2,1-10H3,(H,38,41)/t27?,29?,30-,31-,32+/m1/s1. The van der Waals surface area contributed by atoms with Gasteiger partial charge in [-0.2, -0.15) is 0 Å². The number of carbonyl (C=O) groups excluding carboxylic acids is 3. The minimum Gasteiger partial charge on any atom is -0.464 e. The normalized spacial score (nSPS) is 18.3. The number of likely N-dealkylation sites (N-methyl/N-ethyl adjacent to an activating group) is 1. The zero-order chi connectivity index (χ0) is 35.9. The van der Waals surface area contributed by atoms with Gasteiger partial charge in [0.1, 0.15) is 17.8 Å². The summed E-state index contributed by atoms with van der Waals surface area (Å²) >= 11 is 1.40. The first kappa shape index (κ1) is 42.3. The Morgan fingerprint density at radius 3 is 2.33 bits per heavy atom. The number of methoxy groups -OCH3 is 1. The number of likely N-dealkylation sites (tertiary alicyclic amines) is 1. The van der Waals surface area contributed by atoms with Gasteiger partial charge in [0, 0.05) is 18.0 Å². The van der Waals surface area contributed by atoms with Crippen LogP contribution in [0.25, 0.3) is 0 Å². The van der Waals surface area contributed by atoms with Gasteiger partial charge in [0.2, 0.25) is 11.8 Å². The number of nitrogens with one attached hydrogen (secondary N) is 1. The fourth-order valence-corrected chi connectivity index (χ4v) is 10.3. The molecular weight excluding hydrogens is 645 g/mol. The lowest BCUT2D eigenvalue weighted by molar-refractivity contribution is -0.149. The highest BCUT2D eigenvalue weighted by molar-refractivity contribution is 7.09. The van der Waals surface area contributed by atoms with Crippen LogP contribution >= 0.6 is 11.3 Å². The van der Waals surface area contributed by atoms with E-state index in [4.69, 9.17) is 18.9 Å². The zero-order valence-electron chi connectivity index (χ0n) is 31.6. The van der Waals surface area contributed by atoms with Gasteiger partial charge in [0.15, 0.2) is 14.0 Å². The highest BCUT2D eigenvalue weighted by atomic mass is 32.1. The van der Waals surface area contributed by atoms with Gasteiger partial charge in [-0.1, -0.05) is 81.1 Å². The molecule has 1 aromatic heterocycles. The van der Waals surface area contributed by atoms with Gasteiger partial charge >= 0.3 is 5.97 Å². The van der Waals surface area contributed by atoms with E-state index in [1.54, 1.807) is 5.38 Å². The quantitative estimate of drug-likeness (QED) is 0.0574. The first-order chi connectivity index (χ1) is 22.9. The molecule has 276 valence electrons. The molecule has 1 aliphatic rings. The second kappa shape index (κ2) is 21.4. The average molecular weight is 711 g/mol. The molecule has 2 amide bonds. The number of carbonyl (C=O) groups is 3. The molecule has 1 fully saturated rings. The molecule has 1 aliphatic heterocycles. The van der Waals surface area contributed by atoms with Crippen molar-refractivity contribution in [2.24, 2.45) is 11.8 Å². The van der Waals surface area contributed by atoms with Crippen molar-refractivity contribution in [2.75, 3.05) is 34.0 Å². The van der Waals surface area contributed by atoms with Crippen LogP contribution in [-0.4, -0.2) is 93.1 Å². The lowest BCUT2D eigenvalue weighted by Crippen LogP contribution is -2.59. The second-order valence-corrected chi connectivity index (χ2v) is 19.5. The number of hydrogen-bond donors (Lipinski definition) is 1. The third-order valence-corrected chi connectivity index (χ3v) is 16.0. The zero-order valence-corrected chi connectivity index (χ0v) is 33.5. The van der Waals surface area contributed by atoms with E-state index in [0.717, 1.165) is 74.6 Å². The molecule has 0 bridgehead atoms. The Balaban J connectivity index is 2.55. The fourth-order valence-electron chi connectivity index (χ4n) is 6.57. The molecule has 0 radical (unpaired) electrons. The molecule has 1 N–H and O–H groups in total. The minimum absolute atomic E-state index is 0.0537. The highest BCUT2D eigenvalue weighted by Gasteiger charge is 2.40. The number of thiazole rings is 1. The minimum atomic E-state index is -2.13. The van der Waals surface area contributed by atoms with Crippen molar-refractivity contribution >= 4 is 37.4 Å². The Hall–Kier alpha value is -1.86. The molecule has 48 heavy (non-hydrogen) atoms. The number of aromatic nitrogens is 1. The number of rotatable bonds is 22. The van der Waals surface area contributed by atoms with Crippen molar-refractivity contribution < 1.29 is 28.3 Å². The molecular formula is C36H66N4O6SSi. The number of ether oxygens (including phenoxy) is 2. The fraction of sp³-hybridized carbons (Fsp3) is 0.833. The third-order valence-electron chi connectivity index (χ3n) is 10.4. The molecule has 2 heterocycles. The summed E-state index contributed by atoms with van der Waals surface area (Å²) in [6.45, 7) is 18.7. The van der Waals surface area contributed by atoms with Crippen molar-refractivity contribution in [3.63, 3.8) is 0 Å². The second-order valence-electron chi connectivity index (χ2n) is 13.9. The van der Waals surface area contributed by atoms with E-state index in [0.29, 0.717) is 13.0 Å². The number of nitrogens with zero attached hydrogens (tertiary/aromatic N) is 3. The van der Waals surface area contributed by atoms with Crippen molar-refractivity contribution in [1.29, 1.82) is 0 Å². The van der Waals surface area contributed by atoms with Crippen molar-refractivity contribution in [3.05, 3.63) is 16.1 Å². The maximum absolute atomic E-state index is 14.8. The first-order valence-corrected chi connectivity index (χ1v) is 21.9. The van der Waals surface area contributed by atoms with Crippen LogP contribution in [0.2, 0.25) is 18.1 Å². The van der Waals surface area contributed by atoms with Gasteiger partial charge < -0.3 is 24.1 Å². The van der Waals surface area contributed by atoms with Crippen LogP contribution in [0.4, 0.5) is 0 Å². The number of unbranched alkanes of at least 4 members (excludes halogenated alkanes) is 2. The summed E-state index contributed by atoms with van der Waals surface area (Å²) in [5.74, 6) is -0.694. The van der Waals surface area contributed by atoms with Gasteiger partial charge in [-0.3, -0.25) is 14.5 Å². The maximum atomic E-state index is 14.8. The predicted molar refractivity (Wildman–Crippen MR) is 197 cm³/mol. The number of esters is 1. The summed E-state index contributed by atoms with van der Waals surface area (Å²) in [5, 5.41) is 5.66. The molecule has 12 heteroatoms. The molecule has 1 saturated heterocycles. The van der Waals surface area contributed by atoms with E-state index >= 15 is 0 Å². The van der Waals surface area contributed by atoms with Crippen LogP contribution in [0, 0.1) is 11.8 Å². The van der Waals surface area contributed by atoms with Gasteiger partial charge in [-0.05, 0) is 69.2 Å². The van der Waals surface area contributed by atoms with E-state index in [1.165, 1.54) is 18.4 Å². The van der Waals surface area contributed by atoms with Crippen LogP contribution in [0.3, 0.4) is 0 Å². The largest absolute Gasteiger partial charge is 0.464 e. The van der Waals surface area contributed by atoms with E-state index < -0.39 is 26.4 Å². The Labute approximate surface area is 296 Å². The van der Waals surface area contributed by atoms with E-state index in [9.17, 15) is 14.4 Å². The third kappa shape index (κ3) is 11.9. The van der Waals surface area contributed by atoms with Gasteiger partial charge in [-0.15, -0.1) is 11.3 Å². The Bertz CT molecular complexity index is 1110. The summed E-state index contributed by atoms with van der Waals surface area (Å²) in [6.07, 6.45) is 6.77. The number of hydrogen-bond acceptors (Lipinski definition) is 9.